The zero-order valence-corrected chi connectivity index (χ0v) is 13.2. The lowest BCUT2D eigenvalue weighted by molar-refractivity contribution is 0.0712. The Morgan fingerprint density at radius 3 is 2.39 bits per heavy atom. The van der Waals surface area contributed by atoms with E-state index in [0.29, 0.717) is 23.7 Å². The third kappa shape index (κ3) is 2.93. The lowest BCUT2D eigenvalue weighted by Crippen LogP contribution is -1.99. The van der Waals surface area contributed by atoms with Gasteiger partial charge in [0.05, 0.1) is 19.3 Å². The molecular formula is C19H18O4. The molecule has 2 aromatic rings. The fraction of sp³-hybridized carbons (Fsp3) is 0.211. The van der Waals surface area contributed by atoms with E-state index in [-0.39, 0.29) is 5.97 Å². The van der Waals surface area contributed by atoms with Crippen LogP contribution in [-0.2, 0) is 9.47 Å². The number of ether oxygens (including phenoxy) is 3. The summed E-state index contributed by atoms with van der Waals surface area (Å²) in [4.78, 5) is 12.1. The molecule has 0 saturated heterocycles. The van der Waals surface area contributed by atoms with Gasteiger partial charge in [-0.25, -0.2) is 4.79 Å². The van der Waals surface area contributed by atoms with Gasteiger partial charge >= 0.3 is 5.97 Å². The number of carbonyl (C=O) groups excluding carboxylic acids is 1. The van der Waals surface area contributed by atoms with Gasteiger partial charge in [-0.3, -0.25) is 0 Å². The van der Waals surface area contributed by atoms with Gasteiger partial charge in [-0.2, -0.15) is 0 Å². The molecule has 23 heavy (non-hydrogen) atoms. The molecule has 1 heterocycles. The van der Waals surface area contributed by atoms with E-state index in [1.54, 1.807) is 13.2 Å². The molecule has 0 N–H and O–H groups in total. The van der Waals surface area contributed by atoms with Crippen LogP contribution >= 0.6 is 0 Å². The van der Waals surface area contributed by atoms with Crippen LogP contribution < -0.4 is 4.74 Å². The molecule has 0 radical (unpaired) electrons. The summed E-state index contributed by atoms with van der Waals surface area (Å²) in [5.41, 5.74) is 2.17. The first kappa shape index (κ1) is 15.2. The van der Waals surface area contributed by atoms with Crippen LogP contribution in [0.4, 0.5) is 0 Å². The van der Waals surface area contributed by atoms with E-state index >= 15 is 0 Å². The molecule has 0 fully saturated rings. The van der Waals surface area contributed by atoms with Crippen molar-refractivity contribution in [2.75, 3.05) is 13.7 Å². The van der Waals surface area contributed by atoms with Crippen molar-refractivity contribution >= 4 is 17.5 Å². The van der Waals surface area contributed by atoms with Gasteiger partial charge in [0.1, 0.15) is 5.75 Å². The van der Waals surface area contributed by atoms with E-state index in [1.807, 2.05) is 49.4 Å². The SMILES string of the molecule is CCCO/C(=C1\OC(=O)c2ccccc21)c1ccc(OC)cc1. The lowest BCUT2D eigenvalue weighted by Gasteiger charge is -2.13. The van der Waals surface area contributed by atoms with Crippen molar-refractivity contribution < 1.29 is 19.0 Å². The molecule has 2 aromatic carbocycles. The van der Waals surface area contributed by atoms with Crippen LogP contribution in [-0.4, -0.2) is 19.7 Å². The largest absolute Gasteiger partial charge is 0.497 e. The molecule has 4 nitrogen and oxygen atoms in total. The Kier molecular flexibility index (Phi) is 4.33. The van der Waals surface area contributed by atoms with E-state index in [1.165, 1.54) is 0 Å². The summed E-state index contributed by atoms with van der Waals surface area (Å²) in [7, 11) is 1.62. The highest BCUT2D eigenvalue weighted by atomic mass is 16.6. The zero-order valence-electron chi connectivity index (χ0n) is 13.2. The molecule has 0 amide bonds. The molecule has 0 spiro atoms. The number of rotatable bonds is 5. The number of carbonyl (C=O) groups is 1. The normalized spacial score (nSPS) is 15.0. The van der Waals surface area contributed by atoms with Crippen molar-refractivity contribution in [3.8, 4) is 5.75 Å². The molecule has 0 aromatic heterocycles. The van der Waals surface area contributed by atoms with Crippen molar-refractivity contribution in [3.63, 3.8) is 0 Å². The monoisotopic (exact) mass is 310 g/mol. The molecule has 4 heteroatoms. The Balaban J connectivity index is 2.10. The Hall–Kier alpha value is -2.75. The van der Waals surface area contributed by atoms with Gasteiger partial charge in [0.25, 0.3) is 0 Å². The van der Waals surface area contributed by atoms with Gasteiger partial charge in [0.15, 0.2) is 11.5 Å². The van der Waals surface area contributed by atoms with Gasteiger partial charge in [-0.05, 0) is 36.8 Å². The van der Waals surface area contributed by atoms with E-state index in [9.17, 15) is 4.79 Å². The van der Waals surface area contributed by atoms with Gasteiger partial charge < -0.3 is 14.2 Å². The van der Waals surface area contributed by atoms with Crippen LogP contribution in [0, 0.1) is 0 Å². The number of hydrogen-bond acceptors (Lipinski definition) is 4. The molecule has 1 aliphatic rings. The van der Waals surface area contributed by atoms with Gasteiger partial charge in [-0.15, -0.1) is 0 Å². The van der Waals surface area contributed by atoms with E-state index in [0.717, 1.165) is 23.3 Å². The minimum Gasteiger partial charge on any atom is -0.497 e. The fourth-order valence-corrected chi connectivity index (χ4v) is 2.46. The van der Waals surface area contributed by atoms with Crippen molar-refractivity contribution in [1.29, 1.82) is 0 Å². The van der Waals surface area contributed by atoms with Crippen LogP contribution in [0.5, 0.6) is 5.75 Å². The minimum atomic E-state index is -0.346. The smallest absolute Gasteiger partial charge is 0.344 e. The highest BCUT2D eigenvalue weighted by Gasteiger charge is 2.30. The number of methoxy groups -OCH3 is 1. The van der Waals surface area contributed by atoms with Crippen molar-refractivity contribution in [2.24, 2.45) is 0 Å². The number of fused-ring (bicyclic) bond motifs is 1. The number of benzene rings is 2. The standard InChI is InChI=1S/C19H18O4/c1-3-12-22-17(13-8-10-14(21-2)11-9-13)18-15-6-4-5-7-16(15)19(20)23-18/h4-11H,3,12H2,1-2H3/b18-17-. The Bertz CT molecular complexity index is 744. The van der Waals surface area contributed by atoms with E-state index < -0.39 is 0 Å². The highest BCUT2D eigenvalue weighted by molar-refractivity contribution is 6.07. The first-order chi connectivity index (χ1) is 11.2. The molecular weight excluding hydrogens is 292 g/mol. The van der Waals surface area contributed by atoms with Crippen LogP contribution in [0.25, 0.3) is 11.5 Å². The van der Waals surface area contributed by atoms with E-state index in [4.69, 9.17) is 14.2 Å². The maximum absolute atomic E-state index is 12.1. The summed E-state index contributed by atoms with van der Waals surface area (Å²) in [5.74, 6) is 1.47. The van der Waals surface area contributed by atoms with Crippen molar-refractivity contribution in [3.05, 3.63) is 65.2 Å². The lowest BCUT2D eigenvalue weighted by atomic mass is 10.1. The summed E-state index contributed by atoms with van der Waals surface area (Å²) < 4.78 is 16.6. The van der Waals surface area contributed by atoms with Gasteiger partial charge in [0.2, 0.25) is 0 Å². The molecule has 1 aliphatic heterocycles. The first-order valence-corrected chi connectivity index (χ1v) is 7.57. The van der Waals surface area contributed by atoms with Crippen LogP contribution in [0.2, 0.25) is 0 Å². The fourth-order valence-electron chi connectivity index (χ4n) is 2.46. The third-order valence-electron chi connectivity index (χ3n) is 3.60. The van der Waals surface area contributed by atoms with Crippen LogP contribution in [0.3, 0.4) is 0 Å². The second kappa shape index (κ2) is 6.57. The Labute approximate surface area is 135 Å². The second-order valence-electron chi connectivity index (χ2n) is 5.17. The summed E-state index contributed by atoms with van der Waals surface area (Å²) in [6.07, 6.45) is 0.864. The summed E-state index contributed by atoms with van der Waals surface area (Å²) in [5, 5.41) is 0. The van der Waals surface area contributed by atoms with Crippen LogP contribution in [0.1, 0.15) is 34.8 Å². The summed E-state index contributed by atoms with van der Waals surface area (Å²) in [6.45, 7) is 2.58. The topological polar surface area (TPSA) is 44.8 Å². The number of hydrogen-bond donors (Lipinski definition) is 0. The maximum atomic E-state index is 12.1. The molecule has 118 valence electrons. The predicted molar refractivity (Wildman–Crippen MR) is 87.9 cm³/mol. The quantitative estimate of drug-likeness (QED) is 0.615. The first-order valence-electron chi connectivity index (χ1n) is 7.57. The van der Waals surface area contributed by atoms with Crippen LogP contribution in [0.15, 0.2) is 48.5 Å². The zero-order chi connectivity index (χ0) is 16.2. The van der Waals surface area contributed by atoms with Crippen molar-refractivity contribution in [1.82, 2.24) is 0 Å². The Morgan fingerprint density at radius 2 is 1.74 bits per heavy atom. The predicted octanol–water partition coefficient (Wildman–Crippen LogP) is 4.12. The molecule has 0 saturated carbocycles. The molecule has 0 unspecified atom stereocenters. The maximum Gasteiger partial charge on any atom is 0.344 e. The van der Waals surface area contributed by atoms with Gasteiger partial charge in [0, 0.05) is 11.1 Å². The molecule has 3 rings (SSSR count). The highest BCUT2D eigenvalue weighted by Crippen LogP contribution is 2.36. The third-order valence-corrected chi connectivity index (χ3v) is 3.60. The molecule has 0 bridgehead atoms. The van der Waals surface area contributed by atoms with Crippen molar-refractivity contribution in [2.45, 2.75) is 13.3 Å². The summed E-state index contributed by atoms with van der Waals surface area (Å²) in [6, 6.07) is 14.8. The van der Waals surface area contributed by atoms with Gasteiger partial charge in [-0.1, -0.05) is 25.1 Å². The molecule has 0 atom stereocenters. The van der Waals surface area contributed by atoms with E-state index in [2.05, 4.69) is 0 Å². The number of esters is 1. The second-order valence-corrected chi connectivity index (χ2v) is 5.17. The average molecular weight is 310 g/mol. The average Bonchev–Trinajstić information content (AvgIpc) is 2.93. The number of cyclic esters (lactones) is 1. The Morgan fingerprint density at radius 1 is 1.04 bits per heavy atom. The minimum absolute atomic E-state index is 0.346. The molecule has 0 aliphatic carbocycles. The summed E-state index contributed by atoms with van der Waals surface area (Å²) >= 11 is 0.